The predicted molar refractivity (Wildman–Crippen MR) is 79.8 cm³/mol. The summed E-state index contributed by atoms with van der Waals surface area (Å²) in [7, 11) is 0. The van der Waals surface area contributed by atoms with Gasteiger partial charge in [0, 0.05) is 5.56 Å². The van der Waals surface area contributed by atoms with Crippen molar-refractivity contribution in [3.8, 4) is 11.3 Å². The maximum Gasteiger partial charge on any atom is 0.255 e. The van der Waals surface area contributed by atoms with Gasteiger partial charge in [-0.05, 0) is 12.8 Å². The zero-order chi connectivity index (χ0) is 14.7. The lowest BCUT2D eigenvalue weighted by Gasteiger charge is -2.27. The summed E-state index contributed by atoms with van der Waals surface area (Å²) in [5.74, 6) is -0.182. The lowest BCUT2D eigenvalue weighted by Crippen LogP contribution is -2.49. The molecule has 5 heteroatoms. The first-order valence-corrected chi connectivity index (χ1v) is 7.26. The molecule has 21 heavy (non-hydrogen) atoms. The number of carbonyl (C=O) groups excluding carboxylic acids is 1. The van der Waals surface area contributed by atoms with Gasteiger partial charge in [-0.15, -0.1) is 0 Å². The van der Waals surface area contributed by atoms with Crippen LogP contribution in [0.5, 0.6) is 0 Å². The number of aromatic nitrogens is 2. The van der Waals surface area contributed by atoms with E-state index in [0.29, 0.717) is 11.3 Å². The highest BCUT2D eigenvalue weighted by molar-refractivity contribution is 6.00. The normalized spacial score (nSPS) is 16.8. The van der Waals surface area contributed by atoms with Crippen LogP contribution in [0.1, 0.15) is 36.0 Å². The van der Waals surface area contributed by atoms with Crippen molar-refractivity contribution in [3.63, 3.8) is 0 Å². The van der Waals surface area contributed by atoms with E-state index in [4.69, 9.17) is 0 Å². The van der Waals surface area contributed by atoms with Gasteiger partial charge in [-0.25, -0.2) is 0 Å². The Hall–Kier alpha value is -2.14. The average molecular weight is 285 g/mol. The van der Waals surface area contributed by atoms with Crippen LogP contribution in [0.4, 0.5) is 0 Å². The molecule has 3 N–H and O–H groups in total. The molecular weight excluding hydrogens is 266 g/mol. The zero-order valence-corrected chi connectivity index (χ0v) is 11.8. The van der Waals surface area contributed by atoms with Crippen LogP contribution in [0.15, 0.2) is 36.5 Å². The highest BCUT2D eigenvalue weighted by Crippen LogP contribution is 2.30. The van der Waals surface area contributed by atoms with E-state index in [0.717, 1.165) is 31.2 Å². The summed E-state index contributed by atoms with van der Waals surface area (Å²) in [6.07, 6.45) is 5.27. The summed E-state index contributed by atoms with van der Waals surface area (Å²) in [6, 6.07) is 9.64. The number of H-pyrrole nitrogens is 1. The fourth-order valence-electron chi connectivity index (χ4n) is 2.97. The van der Waals surface area contributed by atoms with Gasteiger partial charge >= 0.3 is 0 Å². The van der Waals surface area contributed by atoms with E-state index >= 15 is 0 Å². The van der Waals surface area contributed by atoms with Crippen molar-refractivity contribution in [1.29, 1.82) is 0 Å². The number of carbonyl (C=O) groups is 1. The molecule has 1 aliphatic carbocycles. The molecule has 0 radical (unpaired) electrons. The molecule has 1 aliphatic rings. The van der Waals surface area contributed by atoms with E-state index in [1.807, 2.05) is 30.3 Å². The number of amides is 1. The number of hydrogen-bond donors (Lipinski definition) is 3. The highest BCUT2D eigenvalue weighted by atomic mass is 16.3. The van der Waals surface area contributed by atoms with Crippen molar-refractivity contribution in [2.24, 2.45) is 0 Å². The van der Waals surface area contributed by atoms with Crippen LogP contribution in [0, 0.1) is 0 Å². The molecule has 0 aliphatic heterocycles. The van der Waals surface area contributed by atoms with Gasteiger partial charge in [0.2, 0.25) is 0 Å². The zero-order valence-electron chi connectivity index (χ0n) is 11.8. The van der Waals surface area contributed by atoms with Gasteiger partial charge in [0.1, 0.15) is 0 Å². The maximum atomic E-state index is 12.5. The van der Waals surface area contributed by atoms with E-state index in [9.17, 15) is 9.90 Å². The van der Waals surface area contributed by atoms with Crippen molar-refractivity contribution in [2.75, 3.05) is 6.61 Å². The Balaban J connectivity index is 1.85. The molecule has 1 aromatic carbocycles. The smallest absolute Gasteiger partial charge is 0.255 e. The van der Waals surface area contributed by atoms with Crippen molar-refractivity contribution >= 4 is 5.91 Å². The van der Waals surface area contributed by atoms with Gasteiger partial charge in [-0.2, -0.15) is 5.10 Å². The molecule has 0 bridgehead atoms. The Morgan fingerprint density at radius 1 is 1.29 bits per heavy atom. The summed E-state index contributed by atoms with van der Waals surface area (Å²) in [4.78, 5) is 12.5. The Kier molecular flexibility index (Phi) is 3.75. The highest BCUT2D eigenvalue weighted by Gasteiger charge is 2.35. The molecule has 0 saturated heterocycles. The number of benzene rings is 1. The fourth-order valence-corrected chi connectivity index (χ4v) is 2.97. The molecule has 1 heterocycles. The Bertz CT molecular complexity index is 615. The third kappa shape index (κ3) is 2.69. The van der Waals surface area contributed by atoms with Crippen LogP contribution < -0.4 is 5.32 Å². The Labute approximate surface area is 123 Å². The van der Waals surface area contributed by atoms with Gasteiger partial charge in [0.15, 0.2) is 0 Å². The molecule has 0 atom stereocenters. The number of aromatic amines is 1. The topological polar surface area (TPSA) is 78.0 Å². The second-order valence-corrected chi connectivity index (χ2v) is 5.62. The molecule has 0 unspecified atom stereocenters. The summed E-state index contributed by atoms with van der Waals surface area (Å²) >= 11 is 0. The third-order valence-corrected chi connectivity index (χ3v) is 4.19. The van der Waals surface area contributed by atoms with Crippen LogP contribution >= 0.6 is 0 Å². The van der Waals surface area contributed by atoms with Crippen LogP contribution in [-0.2, 0) is 0 Å². The lowest BCUT2D eigenvalue weighted by molar-refractivity contribution is 0.0839. The third-order valence-electron chi connectivity index (χ3n) is 4.19. The van der Waals surface area contributed by atoms with Gasteiger partial charge in [-0.3, -0.25) is 9.89 Å². The number of aliphatic hydroxyl groups is 1. The van der Waals surface area contributed by atoms with Crippen molar-refractivity contribution in [1.82, 2.24) is 15.5 Å². The van der Waals surface area contributed by atoms with Gasteiger partial charge in [0.05, 0.1) is 29.6 Å². The molecule has 2 aromatic rings. The van der Waals surface area contributed by atoms with E-state index < -0.39 is 5.54 Å². The first-order valence-electron chi connectivity index (χ1n) is 7.26. The summed E-state index contributed by atoms with van der Waals surface area (Å²) in [5.41, 5.74) is 1.67. The van der Waals surface area contributed by atoms with Crippen LogP contribution in [-0.4, -0.2) is 33.4 Å². The monoisotopic (exact) mass is 285 g/mol. The number of hydrogen-bond acceptors (Lipinski definition) is 3. The molecule has 110 valence electrons. The number of aliphatic hydroxyl groups excluding tert-OH is 1. The van der Waals surface area contributed by atoms with E-state index in [1.54, 1.807) is 0 Å². The van der Waals surface area contributed by atoms with Crippen molar-refractivity contribution in [2.45, 2.75) is 31.2 Å². The molecule has 3 rings (SSSR count). The van der Waals surface area contributed by atoms with Crippen LogP contribution in [0.25, 0.3) is 11.3 Å². The molecule has 1 saturated carbocycles. The molecule has 5 nitrogen and oxygen atoms in total. The minimum Gasteiger partial charge on any atom is -0.394 e. The van der Waals surface area contributed by atoms with Crippen molar-refractivity contribution < 1.29 is 9.90 Å². The lowest BCUT2D eigenvalue weighted by atomic mass is 9.98. The van der Waals surface area contributed by atoms with Crippen LogP contribution in [0.3, 0.4) is 0 Å². The Morgan fingerprint density at radius 2 is 2.00 bits per heavy atom. The average Bonchev–Trinajstić information content (AvgIpc) is 3.17. The fraction of sp³-hybridized carbons (Fsp3) is 0.375. The predicted octanol–water partition coefficient (Wildman–Crippen LogP) is 2.11. The maximum absolute atomic E-state index is 12.5. The molecule has 0 spiro atoms. The summed E-state index contributed by atoms with van der Waals surface area (Å²) in [6.45, 7) is -0.0166. The van der Waals surface area contributed by atoms with Crippen molar-refractivity contribution in [3.05, 3.63) is 42.1 Å². The van der Waals surface area contributed by atoms with E-state index in [1.165, 1.54) is 6.20 Å². The standard InChI is InChI=1S/C16H19N3O2/c20-11-16(8-4-5-9-16)18-15(21)13-10-17-19-14(13)12-6-2-1-3-7-12/h1-3,6-7,10,20H,4-5,8-9,11H2,(H,17,19)(H,18,21). The summed E-state index contributed by atoms with van der Waals surface area (Å²) in [5, 5.41) is 19.5. The minimum absolute atomic E-state index is 0.0166. The largest absolute Gasteiger partial charge is 0.394 e. The van der Waals surface area contributed by atoms with Gasteiger partial charge in [0.25, 0.3) is 5.91 Å². The second-order valence-electron chi connectivity index (χ2n) is 5.62. The quantitative estimate of drug-likeness (QED) is 0.805. The number of rotatable bonds is 4. The number of nitrogens with one attached hydrogen (secondary N) is 2. The molecule has 1 fully saturated rings. The minimum atomic E-state index is -0.470. The van der Waals surface area contributed by atoms with E-state index in [-0.39, 0.29) is 12.5 Å². The SMILES string of the molecule is O=C(NC1(CO)CCCC1)c1cn[nH]c1-c1ccccc1. The molecular formula is C16H19N3O2. The van der Waals surface area contributed by atoms with E-state index in [2.05, 4.69) is 15.5 Å². The Morgan fingerprint density at radius 3 is 2.67 bits per heavy atom. The molecule has 1 amide bonds. The molecule has 1 aromatic heterocycles. The number of nitrogens with zero attached hydrogens (tertiary/aromatic N) is 1. The second kappa shape index (κ2) is 5.69. The summed E-state index contributed by atoms with van der Waals surface area (Å²) < 4.78 is 0. The van der Waals surface area contributed by atoms with Gasteiger partial charge in [-0.1, -0.05) is 43.2 Å². The first kappa shape index (κ1) is 13.8. The van der Waals surface area contributed by atoms with Crippen LogP contribution in [0.2, 0.25) is 0 Å². The first-order chi connectivity index (χ1) is 10.2. The van der Waals surface area contributed by atoms with Gasteiger partial charge < -0.3 is 10.4 Å².